The van der Waals surface area contributed by atoms with Crippen molar-refractivity contribution in [3.63, 3.8) is 0 Å². The molecule has 0 aliphatic carbocycles. The monoisotopic (exact) mass is 344 g/mol. The zero-order valence-electron chi connectivity index (χ0n) is 14.1. The number of aromatic nitrogens is 2. The molecule has 25 heavy (non-hydrogen) atoms. The standard InChI is InChI=1S/C18H21FN4O2/c1-22-11-13(10-21-22)4-3-7-20-18(25)14-8-17(24)23(12-14)16-6-2-5-15(19)9-16/h2,5-6,9-11,14H,3-4,7-8,12H2,1H3,(H,20,25)/t14-/m1/s1. The molecule has 1 aliphatic rings. The Bertz CT molecular complexity index is 774. The molecular formula is C18H21FN4O2. The van der Waals surface area contributed by atoms with Gasteiger partial charge in [-0.1, -0.05) is 6.07 Å². The molecule has 2 aromatic rings. The maximum atomic E-state index is 13.3. The van der Waals surface area contributed by atoms with E-state index in [2.05, 4.69) is 10.4 Å². The van der Waals surface area contributed by atoms with E-state index in [4.69, 9.17) is 0 Å². The van der Waals surface area contributed by atoms with Crippen LogP contribution in [0.4, 0.5) is 10.1 Å². The third-order valence-corrected chi connectivity index (χ3v) is 4.32. The Hall–Kier alpha value is -2.70. The molecule has 0 radical (unpaired) electrons. The van der Waals surface area contributed by atoms with Crippen LogP contribution in [0.2, 0.25) is 0 Å². The SMILES string of the molecule is Cn1cc(CCCNC(=O)[C@@H]2CC(=O)N(c3cccc(F)c3)C2)cn1. The lowest BCUT2D eigenvalue weighted by Crippen LogP contribution is -2.33. The minimum absolute atomic E-state index is 0.126. The molecule has 1 aliphatic heterocycles. The fourth-order valence-electron chi connectivity index (χ4n) is 3.03. The van der Waals surface area contributed by atoms with Gasteiger partial charge in [-0.3, -0.25) is 14.3 Å². The Morgan fingerprint density at radius 2 is 2.28 bits per heavy atom. The molecule has 1 aromatic heterocycles. The molecule has 6 nitrogen and oxygen atoms in total. The van der Waals surface area contributed by atoms with Crippen LogP contribution in [0.15, 0.2) is 36.7 Å². The second-order valence-electron chi connectivity index (χ2n) is 6.30. The van der Waals surface area contributed by atoms with Crippen LogP contribution in [0.3, 0.4) is 0 Å². The molecule has 132 valence electrons. The average molecular weight is 344 g/mol. The van der Waals surface area contributed by atoms with Gasteiger partial charge in [-0.25, -0.2) is 4.39 Å². The van der Waals surface area contributed by atoms with Crippen molar-refractivity contribution in [2.24, 2.45) is 13.0 Å². The van der Waals surface area contributed by atoms with Gasteiger partial charge >= 0.3 is 0 Å². The second kappa shape index (κ2) is 7.46. The number of anilines is 1. The van der Waals surface area contributed by atoms with Gasteiger partial charge in [0.25, 0.3) is 0 Å². The first-order valence-electron chi connectivity index (χ1n) is 8.34. The Balaban J connectivity index is 1.47. The number of aryl methyl sites for hydroxylation is 2. The number of nitrogens with zero attached hydrogens (tertiary/aromatic N) is 3. The predicted molar refractivity (Wildman–Crippen MR) is 91.4 cm³/mol. The van der Waals surface area contributed by atoms with Crippen molar-refractivity contribution in [2.75, 3.05) is 18.0 Å². The van der Waals surface area contributed by atoms with Crippen LogP contribution in [-0.4, -0.2) is 34.7 Å². The van der Waals surface area contributed by atoms with Crippen molar-refractivity contribution in [3.05, 3.63) is 48.0 Å². The van der Waals surface area contributed by atoms with E-state index in [1.54, 1.807) is 16.8 Å². The summed E-state index contributed by atoms with van der Waals surface area (Å²) in [6.45, 7) is 0.842. The number of hydrogen-bond donors (Lipinski definition) is 1. The molecule has 1 atom stereocenters. The van der Waals surface area contributed by atoms with Crippen LogP contribution >= 0.6 is 0 Å². The number of amides is 2. The number of carbonyl (C=O) groups excluding carboxylic acids is 2. The summed E-state index contributed by atoms with van der Waals surface area (Å²) in [6, 6.07) is 5.88. The Morgan fingerprint density at radius 1 is 1.44 bits per heavy atom. The first-order valence-corrected chi connectivity index (χ1v) is 8.34. The lowest BCUT2D eigenvalue weighted by molar-refractivity contribution is -0.126. The average Bonchev–Trinajstić information content (AvgIpc) is 3.17. The summed E-state index contributed by atoms with van der Waals surface area (Å²) in [5.74, 6) is -1.07. The zero-order valence-corrected chi connectivity index (χ0v) is 14.1. The molecule has 2 heterocycles. The van der Waals surface area contributed by atoms with E-state index in [9.17, 15) is 14.0 Å². The van der Waals surface area contributed by atoms with Crippen molar-refractivity contribution in [3.8, 4) is 0 Å². The lowest BCUT2D eigenvalue weighted by atomic mass is 10.1. The number of halogens is 1. The maximum absolute atomic E-state index is 13.3. The van der Waals surface area contributed by atoms with Crippen molar-refractivity contribution in [1.29, 1.82) is 0 Å². The second-order valence-corrected chi connectivity index (χ2v) is 6.30. The summed E-state index contributed by atoms with van der Waals surface area (Å²) in [7, 11) is 1.87. The largest absolute Gasteiger partial charge is 0.356 e. The molecule has 0 unspecified atom stereocenters. The zero-order chi connectivity index (χ0) is 17.8. The fraction of sp³-hybridized carbons (Fsp3) is 0.389. The van der Waals surface area contributed by atoms with Gasteiger partial charge in [-0.2, -0.15) is 5.10 Å². The van der Waals surface area contributed by atoms with Gasteiger partial charge < -0.3 is 10.2 Å². The molecule has 0 spiro atoms. The number of rotatable bonds is 6. The quantitative estimate of drug-likeness (QED) is 0.811. The molecule has 1 saturated heterocycles. The fourth-order valence-corrected chi connectivity index (χ4v) is 3.03. The molecule has 1 fully saturated rings. The number of nitrogens with one attached hydrogen (secondary N) is 1. The topological polar surface area (TPSA) is 67.2 Å². The molecule has 1 aromatic carbocycles. The summed E-state index contributed by atoms with van der Waals surface area (Å²) < 4.78 is 15.1. The molecule has 2 amide bonds. The van der Waals surface area contributed by atoms with E-state index < -0.39 is 11.7 Å². The van der Waals surface area contributed by atoms with Gasteiger partial charge in [-0.15, -0.1) is 0 Å². The van der Waals surface area contributed by atoms with Crippen molar-refractivity contribution < 1.29 is 14.0 Å². The lowest BCUT2D eigenvalue weighted by Gasteiger charge is -2.16. The summed E-state index contributed by atoms with van der Waals surface area (Å²) in [5, 5.41) is 6.99. The number of carbonyl (C=O) groups is 2. The maximum Gasteiger partial charge on any atom is 0.227 e. The van der Waals surface area contributed by atoms with Gasteiger partial charge in [0.15, 0.2) is 0 Å². The molecule has 7 heteroatoms. The normalized spacial score (nSPS) is 17.1. The van der Waals surface area contributed by atoms with Crippen molar-refractivity contribution in [2.45, 2.75) is 19.3 Å². The smallest absolute Gasteiger partial charge is 0.227 e. The molecule has 3 rings (SSSR count). The van der Waals surface area contributed by atoms with Gasteiger partial charge in [0, 0.05) is 38.4 Å². The third-order valence-electron chi connectivity index (χ3n) is 4.32. The Labute approximate surface area is 145 Å². The first kappa shape index (κ1) is 17.1. The van der Waals surface area contributed by atoms with E-state index >= 15 is 0 Å². The van der Waals surface area contributed by atoms with Crippen LogP contribution in [0.1, 0.15) is 18.4 Å². The van der Waals surface area contributed by atoms with E-state index in [0.29, 0.717) is 12.2 Å². The predicted octanol–water partition coefficient (Wildman–Crippen LogP) is 1.66. The summed E-state index contributed by atoms with van der Waals surface area (Å²) in [6.07, 6.45) is 5.58. The van der Waals surface area contributed by atoms with Crippen LogP contribution in [0.5, 0.6) is 0 Å². The van der Waals surface area contributed by atoms with Crippen LogP contribution in [0, 0.1) is 11.7 Å². The van der Waals surface area contributed by atoms with E-state index in [1.807, 2.05) is 19.4 Å². The minimum atomic E-state index is -0.395. The highest BCUT2D eigenvalue weighted by Crippen LogP contribution is 2.25. The highest BCUT2D eigenvalue weighted by molar-refractivity contribution is 6.00. The van der Waals surface area contributed by atoms with Gasteiger partial charge in [0.2, 0.25) is 11.8 Å². The highest BCUT2D eigenvalue weighted by Gasteiger charge is 2.35. The van der Waals surface area contributed by atoms with Crippen molar-refractivity contribution in [1.82, 2.24) is 15.1 Å². The summed E-state index contributed by atoms with van der Waals surface area (Å²) in [5.41, 5.74) is 1.63. The van der Waals surface area contributed by atoms with E-state index in [-0.39, 0.29) is 24.8 Å². The van der Waals surface area contributed by atoms with Crippen LogP contribution in [-0.2, 0) is 23.1 Å². The van der Waals surface area contributed by atoms with E-state index in [0.717, 1.165) is 18.4 Å². The molecule has 1 N–H and O–H groups in total. The van der Waals surface area contributed by atoms with Crippen LogP contribution < -0.4 is 10.2 Å². The van der Waals surface area contributed by atoms with Gasteiger partial charge in [0.1, 0.15) is 5.82 Å². The van der Waals surface area contributed by atoms with Crippen LogP contribution in [0.25, 0.3) is 0 Å². The molecule has 0 saturated carbocycles. The highest BCUT2D eigenvalue weighted by atomic mass is 19.1. The Kier molecular flexibility index (Phi) is 5.11. The summed E-state index contributed by atoms with van der Waals surface area (Å²) >= 11 is 0. The number of benzene rings is 1. The summed E-state index contributed by atoms with van der Waals surface area (Å²) in [4.78, 5) is 25.9. The first-order chi connectivity index (χ1) is 12.0. The van der Waals surface area contributed by atoms with Gasteiger partial charge in [-0.05, 0) is 36.6 Å². The number of hydrogen-bond acceptors (Lipinski definition) is 3. The molecule has 0 bridgehead atoms. The van der Waals surface area contributed by atoms with Gasteiger partial charge in [0.05, 0.1) is 12.1 Å². The third kappa shape index (κ3) is 4.23. The van der Waals surface area contributed by atoms with E-state index in [1.165, 1.54) is 17.0 Å². The Morgan fingerprint density at radius 3 is 3.00 bits per heavy atom. The molecular weight excluding hydrogens is 323 g/mol. The van der Waals surface area contributed by atoms with Crippen molar-refractivity contribution >= 4 is 17.5 Å². The minimum Gasteiger partial charge on any atom is -0.356 e.